The molecule has 2 aromatic carbocycles. The number of hydrogen-bond donors (Lipinski definition) is 2. The van der Waals surface area contributed by atoms with Crippen LogP contribution in [0, 0.1) is 6.92 Å². The third-order valence-corrected chi connectivity index (χ3v) is 5.15. The molecule has 2 N–H and O–H groups in total. The highest BCUT2D eigenvalue weighted by Gasteiger charge is 2.09. The number of benzene rings is 2. The van der Waals surface area contributed by atoms with Crippen molar-refractivity contribution < 1.29 is 4.79 Å². The lowest BCUT2D eigenvalue weighted by atomic mass is 10.1. The number of carbonyl (C=O) groups excluding carboxylic acids is 1. The van der Waals surface area contributed by atoms with Crippen molar-refractivity contribution in [3.63, 3.8) is 0 Å². The summed E-state index contributed by atoms with van der Waals surface area (Å²) < 4.78 is 1.95. The van der Waals surface area contributed by atoms with E-state index in [2.05, 4.69) is 33.0 Å². The number of guanidine groups is 1. The van der Waals surface area contributed by atoms with Gasteiger partial charge >= 0.3 is 0 Å². The zero-order valence-corrected chi connectivity index (χ0v) is 21.9. The Kier molecular flexibility index (Phi) is 10.3. The maximum Gasteiger partial charge on any atom is 0.253 e. The molecule has 1 heterocycles. The topological polar surface area (TPSA) is 87.4 Å². The van der Waals surface area contributed by atoms with Gasteiger partial charge < -0.3 is 20.1 Å². The molecule has 0 radical (unpaired) electrons. The van der Waals surface area contributed by atoms with Crippen molar-refractivity contribution in [1.82, 2.24) is 30.3 Å². The Balaban J connectivity index is 0.00000385. The first-order valence-corrected chi connectivity index (χ1v) is 10.7. The molecule has 33 heavy (non-hydrogen) atoms. The Labute approximate surface area is 212 Å². The molecule has 0 unspecified atom stereocenters. The fourth-order valence-corrected chi connectivity index (χ4v) is 3.14. The Bertz CT molecular complexity index is 1060. The number of aromatic nitrogens is 3. The van der Waals surface area contributed by atoms with Crippen LogP contribution < -0.4 is 10.6 Å². The van der Waals surface area contributed by atoms with E-state index in [1.165, 1.54) is 0 Å². The van der Waals surface area contributed by atoms with Crippen LogP contribution in [0.3, 0.4) is 0 Å². The highest BCUT2D eigenvalue weighted by atomic mass is 127. The minimum Gasteiger partial charge on any atom is -0.356 e. The fraction of sp³-hybridized carbons (Fsp3) is 0.333. The molecule has 3 rings (SSSR count). The molecule has 8 nitrogen and oxygen atoms in total. The summed E-state index contributed by atoms with van der Waals surface area (Å²) in [6.07, 6.45) is 0.768. The van der Waals surface area contributed by atoms with E-state index < -0.39 is 0 Å². The Morgan fingerprint density at radius 3 is 2.42 bits per heavy atom. The molecule has 0 aliphatic carbocycles. The van der Waals surface area contributed by atoms with Crippen molar-refractivity contribution in [2.45, 2.75) is 26.4 Å². The molecule has 3 aromatic rings. The predicted molar refractivity (Wildman–Crippen MR) is 142 cm³/mol. The molecule has 0 fully saturated rings. The lowest BCUT2D eigenvalue weighted by molar-refractivity contribution is 0.0827. The van der Waals surface area contributed by atoms with Gasteiger partial charge in [-0.3, -0.25) is 4.79 Å². The quantitative estimate of drug-likeness (QED) is 0.251. The van der Waals surface area contributed by atoms with E-state index in [-0.39, 0.29) is 29.9 Å². The summed E-state index contributed by atoms with van der Waals surface area (Å²) in [7, 11) is 5.47. The summed E-state index contributed by atoms with van der Waals surface area (Å²) in [5.41, 5.74) is 2.93. The first kappa shape index (κ1) is 26.3. The first-order valence-electron chi connectivity index (χ1n) is 10.7. The van der Waals surface area contributed by atoms with E-state index in [1.807, 2.05) is 61.0 Å². The summed E-state index contributed by atoms with van der Waals surface area (Å²) in [5.74, 6) is 2.41. The molecule has 1 amide bonds. The SMILES string of the molecule is Cc1nnc(CNC(=NCc2ccccc2)NCCc2cccc(C(=O)N(C)C)c2)n1C.I. The molecular weight excluding hydrogens is 529 g/mol. The lowest BCUT2D eigenvalue weighted by Crippen LogP contribution is -2.38. The summed E-state index contributed by atoms with van der Waals surface area (Å²) in [6, 6.07) is 17.9. The molecule has 176 valence electrons. The van der Waals surface area contributed by atoms with Crippen LogP contribution in [0.25, 0.3) is 0 Å². The van der Waals surface area contributed by atoms with Gasteiger partial charge in [0.1, 0.15) is 5.82 Å². The molecule has 0 atom stereocenters. The second kappa shape index (κ2) is 12.9. The zero-order chi connectivity index (χ0) is 22.9. The molecule has 0 saturated carbocycles. The van der Waals surface area contributed by atoms with Gasteiger partial charge in [-0.15, -0.1) is 34.2 Å². The maximum absolute atomic E-state index is 12.2. The smallest absolute Gasteiger partial charge is 0.253 e. The number of carbonyl (C=O) groups is 1. The van der Waals surface area contributed by atoms with E-state index in [4.69, 9.17) is 4.99 Å². The summed E-state index contributed by atoms with van der Waals surface area (Å²) in [4.78, 5) is 18.5. The lowest BCUT2D eigenvalue weighted by Gasteiger charge is -2.14. The highest BCUT2D eigenvalue weighted by Crippen LogP contribution is 2.08. The average molecular weight is 561 g/mol. The van der Waals surface area contributed by atoms with Gasteiger partial charge in [0.2, 0.25) is 0 Å². The van der Waals surface area contributed by atoms with Crippen molar-refractivity contribution in [2.24, 2.45) is 12.0 Å². The van der Waals surface area contributed by atoms with E-state index >= 15 is 0 Å². The summed E-state index contributed by atoms with van der Waals surface area (Å²) >= 11 is 0. The average Bonchev–Trinajstić information content (AvgIpc) is 3.13. The Morgan fingerprint density at radius 2 is 1.76 bits per heavy atom. The highest BCUT2D eigenvalue weighted by molar-refractivity contribution is 14.0. The number of hydrogen-bond acceptors (Lipinski definition) is 4. The second-order valence-electron chi connectivity index (χ2n) is 7.80. The van der Waals surface area contributed by atoms with Gasteiger partial charge in [-0.25, -0.2) is 4.99 Å². The van der Waals surface area contributed by atoms with Crippen LogP contribution in [-0.2, 0) is 26.6 Å². The molecule has 0 saturated heterocycles. The van der Waals surface area contributed by atoms with Crippen LogP contribution in [0.15, 0.2) is 59.6 Å². The van der Waals surface area contributed by atoms with E-state index in [0.717, 1.165) is 29.2 Å². The van der Waals surface area contributed by atoms with Crippen molar-refractivity contribution >= 4 is 35.8 Å². The minimum atomic E-state index is 0. The van der Waals surface area contributed by atoms with Gasteiger partial charge in [-0.2, -0.15) is 0 Å². The molecule has 0 aliphatic rings. The number of aryl methyl sites for hydroxylation is 1. The van der Waals surface area contributed by atoms with Crippen LogP contribution in [-0.4, -0.2) is 52.2 Å². The van der Waals surface area contributed by atoms with Crippen LogP contribution in [0.1, 0.15) is 33.1 Å². The van der Waals surface area contributed by atoms with Crippen LogP contribution in [0.4, 0.5) is 0 Å². The summed E-state index contributed by atoms with van der Waals surface area (Å²) in [5, 5.41) is 15.1. The monoisotopic (exact) mass is 561 g/mol. The van der Waals surface area contributed by atoms with Crippen LogP contribution in [0.2, 0.25) is 0 Å². The van der Waals surface area contributed by atoms with Crippen LogP contribution >= 0.6 is 24.0 Å². The minimum absolute atomic E-state index is 0. The molecule has 1 aromatic heterocycles. The van der Waals surface area contributed by atoms with Gasteiger partial charge in [0.05, 0.1) is 13.1 Å². The molecular formula is C24H32IN7O. The fourth-order valence-electron chi connectivity index (χ4n) is 3.14. The second-order valence-corrected chi connectivity index (χ2v) is 7.80. The van der Waals surface area contributed by atoms with Crippen molar-refractivity contribution in [1.29, 1.82) is 0 Å². The number of halogens is 1. The first-order chi connectivity index (χ1) is 15.4. The molecule has 0 spiro atoms. The number of rotatable bonds is 8. The van der Waals surface area contributed by atoms with Gasteiger partial charge in [0, 0.05) is 33.3 Å². The number of nitrogens with one attached hydrogen (secondary N) is 2. The largest absolute Gasteiger partial charge is 0.356 e. The van der Waals surface area contributed by atoms with E-state index in [9.17, 15) is 4.79 Å². The zero-order valence-electron chi connectivity index (χ0n) is 19.6. The number of nitrogens with zero attached hydrogens (tertiary/aromatic N) is 5. The molecule has 9 heteroatoms. The Hall–Kier alpha value is -2.95. The van der Waals surface area contributed by atoms with Gasteiger partial charge in [0.15, 0.2) is 11.8 Å². The predicted octanol–water partition coefficient (Wildman–Crippen LogP) is 2.92. The van der Waals surface area contributed by atoms with Crippen molar-refractivity contribution in [2.75, 3.05) is 20.6 Å². The standard InChI is InChI=1S/C24H31N7O.HI/c1-18-28-29-22(31(18)4)17-27-24(26-16-20-9-6-5-7-10-20)25-14-13-19-11-8-12-21(15-19)23(32)30(2)3;/h5-12,15H,13-14,16-17H2,1-4H3,(H2,25,26,27);1H. The third kappa shape index (κ3) is 7.85. The van der Waals surface area contributed by atoms with E-state index in [1.54, 1.807) is 19.0 Å². The number of amides is 1. The van der Waals surface area contributed by atoms with Gasteiger partial charge in [0.25, 0.3) is 5.91 Å². The van der Waals surface area contributed by atoms with Crippen molar-refractivity contribution in [3.05, 3.63) is 82.9 Å². The summed E-state index contributed by atoms with van der Waals surface area (Å²) in [6.45, 7) is 3.69. The molecule has 0 bridgehead atoms. The third-order valence-electron chi connectivity index (χ3n) is 5.15. The van der Waals surface area contributed by atoms with Gasteiger partial charge in [-0.1, -0.05) is 42.5 Å². The maximum atomic E-state index is 12.2. The van der Waals surface area contributed by atoms with Crippen LogP contribution in [0.5, 0.6) is 0 Å². The normalized spacial score (nSPS) is 11.0. The Morgan fingerprint density at radius 1 is 1.03 bits per heavy atom. The number of aliphatic imine (C=N–C) groups is 1. The van der Waals surface area contributed by atoms with Crippen molar-refractivity contribution in [3.8, 4) is 0 Å². The van der Waals surface area contributed by atoms with Gasteiger partial charge in [-0.05, 0) is 36.6 Å². The molecule has 0 aliphatic heterocycles. The van der Waals surface area contributed by atoms with E-state index in [0.29, 0.717) is 31.2 Å².